The molecule has 0 spiro atoms. The Morgan fingerprint density at radius 2 is 2.14 bits per heavy atom. The number of carbonyl (C=O) groups excluding carboxylic acids is 1. The first-order chi connectivity index (χ1) is 9.79. The van der Waals surface area contributed by atoms with Crippen molar-refractivity contribution in [2.75, 3.05) is 13.1 Å². The molecule has 0 aliphatic carbocycles. The second-order valence-corrected chi connectivity index (χ2v) is 6.23. The molecule has 2 rings (SSSR count). The molecule has 1 aliphatic heterocycles. The van der Waals surface area contributed by atoms with Gasteiger partial charge in [0.15, 0.2) is 0 Å². The van der Waals surface area contributed by atoms with Gasteiger partial charge in [0.1, 0.15) is 11.9 Å². The van der Waals surface area contributed by atoms with Gasteiger partial charge in [-0.25, -0.2) is 4.39 Å². The number of carbonyl (C=O) groups is 1. The Labute approximate surface area is 124 Å². The number of ether oxygens (including phenoxy) is 1. The molecule has 0 aromatic carbocycles. The summed E-state index contributed by atoms with van der Waals surface area (Å²) in [7, 11) is 0. The maximum absolute atomic E-state index is 13.3. The lowest BCUT2D eigenvalue weighted by molar-refractivity contribution is -0.155. The van der Waals surface area contributed by atoms with E-state index in [4.69, 9.17) is 4.74 Å². The van der Waals surface area contributed by atoms with Gasteiger partial charge in [0, 0.05) is 18.7 Å². The van der Waals surface area contributed by atoms with E-state index < -0.39 is 11.5 Å². The van der Waals surface area contributed by atoms with Crippen molar-refractivity contribution >= 4 is 11.5 Å². The first kappa shape index (κ1) is 15.6. The summed E-state index contributed by atoms with van der Waals surface area (Å²) in [6.07, 6.45) is 1.53. The molecule has 0 radical (unpaired) electrons. The fourth-order valence-electron chi connectivity index (χ4n) is 2.02. The molecule has 1 aliphatic rings. The van der Waals surface area contributed by atoms with E-state index in [1.54, 1.807) is 13.0 Å². The SMILES string of the molecule is Cc1nc(C2=CCNC[C@@H]2OC(=O)C(C)(C)C)ccc1F. The van der Waals surface area contributed by atoms with Gasteiger partial charge in [-0.1, -0.05) is 6.08 Å². The highest BCUT2D eigenvalue weighted by atomic mass is 19.1. The Kier molecular flexibility index (Phi) is 4.42. The molecule has 0 saturated carbocycles. The fraction of sp³-hybridized carbons (Fsp3) is 0.500. The van der Waals surface area contributed by atoms with E-state index in [0.717, 1.165) is 5.57 Å². The number of halogens is 1. The number of aromatic nitrogens is 1. The Morgan fingerprint density at radius 3 is 2.76 bits per heavy atom. The third-order valence-electron chi connectivity index (χ3n) is 3.32. The summed E-state index contributed by atoms with van der Waals surface area (Å²) in [5.41, 5.74) is 1.26. The molecule has 21 heavy (non-hydrogen) atoms. The zero-order valence-electron chi connectivity index (χ0n) is 12.9. The minimum absolute atomic E-state index is 0.263. The Bertz CT molecular complexity index is 576. The van der Waals surface area contributed by atoms with Gasteiger partial charge in [-0.15, -0.1) is 0 Å². The highest BCUT2D eigenvalue weighted by molar-refractivity contribution is 5.78. The van der Waals surface area contributed by atoms with Crippen molar-refractivity contribution < 1.29 is 13.9 Å². The number of nitrogens with zero attached hydrogens (tertiary/aromatic N) is 1. The van der Waals surface area contributed by atoms with Crippen LogP contribution in [-0.2, 0) is 9.53 Å². The summed E-state index contributed by atoms with van der Waals surface area (Å²) in [5, 5.41) is 3.16. The lowest BCUT2D eigenvalue weighted by Crippen LogP contribution is -2.39. The van der Waals surface area contributed by atoms with Crippen molar-refractivity contribution in [3.63, 3.8) is 0 Å². The Balaban J connectivity index is 2.25. The normalized spacial score (nSPS) is 19.1. The number of hydrogen-bond acceptors (Lipinski definition) is 4. The van der Waals surface area contributed by atoms with E-state index in [0.29, 0.717) is 24.5 Å². The van der Waals surface area contributed by atoms with E-state index in [-0.39, 0.29) is 11.8 Å². The summed E-state index contributed by atoms with van der Waals surface area (Å²) in [6, 6.07) is 3.01. The number of pyridine rings is 1. The molecule has 1 atom stereocenters. The van der Waals surface area contributed by atoms with Crippen LogP contribution in [0.4, 0.5) is 4.39 Å². The standard InChI is InChI=1S/C16H21FN2O2/c1-10-12(17)5-6-13(19-10)11-7-8-18-9-14(11)21-15(20)16(2,3)4/h5-7,14,18H,8-9H2,1-4H3/t14-/m0/s1. The van der Waals surface area contributed by atoms with E-state index in [9.17, 15) is 9.18 Å². The van der Waals surface area contributed by atoms with Crippen LogP contribution >= 0.6 is 0 Å². The quantitative estimate of drug-likeness (QED) is 0.851. The highest BCUT2D eigenvalue weighted by Gasteiger charge is 2.30. The van der Waals surface area contributed by atoms with Crippen LogP contribution in [0.25, 0.3) is 5.57 Å². The van der Waals surface area contributed by atoms with E-state index in [1.165, 1.54) is 6.07 Å². The second-order valence-electron chi connectivity index (χ2n) is 6.23. The van der Waals surface area contributed by atoms with E-state index in [2.05, 4.69) is 10.3 Å². The Morgan fingerprint density at radius 1 is 1.43 bits per heavy atom. The molecule has 0 saturated heterocycles. The zero-order valence-corrected chi connectivity index (χ0v) is 12.9. The van der Waals surface area contributed by atoms with Crippen LogP contribution < -0.4 is 5.32 Å². The number of esters is 1. The first-order valence-corrected chi connectivity index (χ1v) is 7.04. The van der Waals surface area contributed by atoms with Crippen molar-refractivity contribution in [1.82, 2.24) is 10.3 Å². The van der Waals surface area contributed by atoms with Crippen molar-refractivity contribution in [3.8, 4) is 0 Å². The third-order valence-corrected chi connectivity index (χ3v) is 3.32. The molecule has 0 bridgehead atoms. The first-order valence-electron chi connectivity index (χ1n) is 7.04. The molecule has 4 nitrogen and oxygen atoms in total. The highest BCUT2D eigenvalue weighted by Crippen LogP contribution is 2.25. The maximum Gasteiger partial charge on any atom is 0.311 e. The molecule has 0 fully saturated rings. The lowest BCUT2D eigenvalue weighted by atomic mass is 9.96. The van der Waals surface area contributed by atoms with Crippen molar-refractivity contribution in [2.24, 2.45) is 5.41 Å². The van der Waals surface area contributed by atoms with Gasteiger partial charge >= 0.3 is 5.97 Å². The van der Waals surface area contributed by atoms with Gasteiger partial charge in [-0.3, -0.25) is 9.78 Å². The largest absolute Gasteiger partial charge is 0.456 e. The topological polar surface area (TPSA) is 51.2 Å². The fourth-order valence-corrected chi connectivity index (χ4v) is 2.02. The van der Waals surface area contributed by atoms with Crippen LogP contribution in [0.1, 0.15) is 32.2 Å². The second kappa shape index (κ2) is 5.93. The third kappa shape index (κ3) is 3.67. The summed E-state index contributed by atoms with van der Waals surface area (Å²) in [4.78, 5) is 16.3. The number of aryl methyl sites for hydroxylation is 1. The molecular weight excluding hydrogens is 271 g/mol. The van der Waals surface area contributed by atoms with Crippen LogP contribution in [-0.4, -0.2) is 30.1 Å². The molecular formula is C16H21FN2O2. The van der Waals surface area contributed by atoms with Gasteiger partial charge in [0.05, 0.1) is 16.8 Å². The maximum atomic E-state index is 13.3. The minimum atomic E-state index is -0.561. The molecule has 5 heteroatoms. The lowest BCUT2D eigenvalue weighted by Gasteiger charge is -2.28. The van der Waals surface area contributed by atoms with Gasteiger partial charge in [-0.05, 0) is 39.8 Å². The van der Waals surface area contributed by atoms with Gasteiger partial charge in [0.2, 0.25) is 0 Å². The van der Waals surface area contributed by atoms with Gasteiger partial charge in [-0.2, -0.15) is 0 Å². The van der Waals surface area contributed by atoms with Gasteiger partial charge < -0.3 is 10.1 Å². The molecule has 1 aromatic rings. The van der Waals surface area contributed by atoms with E-state index in [1.807, 2.05) is 26.8 Å². The monoisotopic (exact) mass is 292 g/mol. The molecule has 1 aromatic heterocycles. The average Bonchev–Trinajstić information content (AvgIpc) is 2.41. The zero-order chi connectivity index (χ0) is 15.6. The van der Waals surface area contributed by atoms with E-state index >= 15 is 0 Å². The summed E-state index contributed by atoms with van der Waals surface area (Å²) >= 11 is 0. The molecule has 1 N–H and O–H groups in total. The van der Waals surface area contributed by atoms with Crippen LogP contribution in [0.15, 0.2) is 18.2 Å². The smallest absolute Gasteiger partial charge is 0.311 e. The molecule has 0 unspecified atom stereocenters. The Hall–Kier alpha value is -1.75. The predicted molar refractivity (Wildman–Crippen MR) is 79.1 cm³/mol. The number of nitrogens with one attached hydrogen (secondary N) is 1. The number of hydrogen-bond donors (Lipinski definition) is 1. The van der Waals surface area contributed by atoms with Crippen LogP contribution in [0.2, 0.25) is 0 Å². The van der Waals surface area contributed by atoms with Crippen molar-refractivity contribution in [2.45, 2.75) is 33.8 Å². The van der Waals surface area contributed by atoms with Crippen LogP contribution in [0.3, 0.4) is 0 Å². The summed E-state index contributed by atoms with van der Waals surface area (Å²) < 4.78 is 18.9. The summed E-state index contributed by atoms with van der Waals surface area (Å²) in [5.74, 6) is -0.600. The average molecular weight is 292 g/mol. The van der Waals surface area contributed by atoms with Gasteiger partial charge in [0.25, 0.3) is 0 Å². The summed E-state index contributed by atoms with van der Waals surface area (Å²) in [6.45, 7) is 8.28. The predicted octanol–water partition coefficient (Wildman–Crippen LogP) is 2.47. The molecule has 0 amide bonds. The number of rotatable bonds is 2. The molecule has 114 valence electrons. The van der Waals surface area contributed by atoms with Crippen molar-refractivity contribution in [3.05, 3.63) is 35.4 Å². The van der Waals surface area contributed by atoms with Crippen molar-refractivity contribution in [1.29, 1.82) is 0 Å². The minimum Gasteiger partial charge on any atom is -0.456 e. The van der Waals surface area contributed by atoms with Crippen LogP contribution in [0, 0.1) is 18.2 Å². The van der Waals surface area contributed by atoms with Crippen LogP contribution in [0.5, 0.6) is 0 Å². The molecule has 2 heterocycles.